The standard InChI is InChI=1S/C18H17NO/c1-14-12-17(20)13-18(15-8-4-2-5-9-15)19(14)16-10-6-3-7-11-16/h2-12,18H,13H2,1H3/t18-/m0/s1. The average molecular weight is 263 g/mol. The fourth-order valence-electron chi connectivity index (χ4n) is 2.80. The predicted molar refractivity (Wildman–Crippen MR) is 81.5 cm³/mol. The Morgan fingerprint density at radius 1 is 0.950 bits per heavy atom. The molecule has 0 unspecified atom stereocenters. The van der Waals surface area contributed by atoms with E-state index in [4.69, 9.17) is 0 Å². The number of para-hydroxylation sites is 1. The van der Waals surface area contributed by atoms with E-state index in [1.807, 2.05) is 43.3 Å². The number of ketones is 1. The maximum absolute atomic E-state index is 11.9. The van der Waals surface area contributed by atoms with Crippen molar-refractivity contribution in [2.24, 2.45) is 0 Å². The topological polar surface area (TPSA) is 20.3 Å². The van der Waals surface area contributed by atoms with Crippen molar-refractivity contribution >= 4 is 11.5 Å². The normalized spacial score (nSPS) is 18.9. The van der Waals surface area contributed by atoms with Gasteiger partial charge in [-0.1, -0.05) is 48.5 Å². The molecule has 3 rings (SSSR count). The summed E-state index contributed by atoms with van der Waals surface area (Å²) in [4.78, 5) is 14.2. The van der Waals surface area contributed by atoms with Crippen LogP contribution in [0.1, 0.15) is 24.9 Å². The largest absolute Gasteiger partial charge is 0.337 e. The Hall–Kier alpha value is -2.35. The molecule has 1 heterocycles. The van der Waals surface area contributed by atoms with Gasteiger partial charge in [0.2, 0.25) is 0 Å². The van der Waals surface area contributed by atoms with Gasteiger partial charge in [-0.3, -0.25) is 4.79 Å². The Morgan fingerprint density at radius 2 is 1.55 bits per heavy atom. The lowest BCUT2D eigenvalue weighted by Gasteiger charge is -2.37. The molecule has 20 heavy (non-hydrogen) atoms. The van der Waals surface area contributed by atoms with Gasteiger partial charge in [0.25, 0.3) is 0 Å². The van der Waals surface area contributed by atoms with Crippen LogP contribution in [-0.2, 0) is 4.79 Å². The van der Waals surface area contributed by atoms with E-state index in [1.165, 1.54) is 5.56 Å². The molecule has 0 radical (unpaired) electrons. The molecule has 0 aromatic heterocycles. The highest BCUT2D eigenvalue weighted by Gasteiger charge is 2.28. The molecule has 0 saturated heterocycles. The van der Waals surface area contributed by atoms with E-state index in [0.717, 1.165) is 11.4 Å². The predicted octanol–water partition coefficient (Wildman–Crippen LogP) is 4.11. The first kappa shape index (κ1) is 12.7. The number of carbonyl (C=O) groups is 1. The van der Waals surface area contributed by atoms with E-state index in [-0.39, 0.29) is 11.8 Å². The summed E-state index contributed by atoms with van der Waals surface area (Å²) in [6.07, 6.45) is 2.27. The van der Waals surface area contributed by atoms with Crippen LogP contribution in [0.2, 0.25) is 0 Å². The van der Waals surface area contributed by atoms with Crippen molar-refractivity contribution in [2.45, 2.75) is 19.4 Å². The van der Waals surface area contributed by atoms with Crippen molar-refractivity contribution in [2.75, 3.05) is 4.90 Å². The smallest absolute Gasteiger partial charge is 0.159 e. The van der Waals surface area contributed by atoms with E-state index >= 15 is 0 Å². The van der Waals surface area contributed by atoms with Crippen LogP contribution >= 0.6 is 0 Å². The highest BCUT2D eigenvalue weighted by atomic mass is 16.1. The molecule has 2 aromatic carbocycles. The Bertz CT molecular complexity index is 631. The lowest BCUT2D eigenvalue weighted by molar-refractivity contribution is -0.115. The van der Waals surface area contributed by atoms with Crippen LogP contribution in [0.15, 0.2) is 72.4 Å². The Kier molecular flexibility index (Phi) is 3.38. The quantitative estimate of drug-likeness (QED) is 0.812. The van der Waals surface area contributed by atoms with Crippen molar-refractivity contribution in [3.8, 4) is 0 Å². The molecule has 0 N–H and O–H groups in total. The zero-order valence-electron chi connectivity index (χ0n) is 11.5. The van der Waals surface area contributed by atoms with Crippen molar-refractivity contribution < 1.29 is 4.79 Å². The minimum absolute atomic E-state index is 0.0797. The average Bonchev–Trinajstić information content (AvgIpc) is 2.48. The van der Waals surface area contributed by atoms with Crippen molar-refractivity contribution in [3.63, 3.8) is 0 Å². The summed E-state index contributed by atoms with van der Waals surface area (Å²) < 4.78 is 0. The number of hydrogen-bond donors (Lipinski definition) is 0. The fourth-order valence-corrected chi connectivity index (χ4v) is 2.80. The summed E-state index contributed by atoms with van der Waals surface area (Å²) in [6.45, 7) is 2.00. The van der Waals surface area contributed by atoms with Gasteiger partial charge in [0.15, 0.2) is 5.78 Å². The summed E-state index contributed by atoms with van der Waals surface area (Å²) in [5.41, 5.74) is 3.31. The van der Waals surface area contributed by atoms with Crippen LogP contribution in [0.25, 0.3) is 0 Å². The number of nitrogens with zero attached hydrogens (tertiary/aromatic N) is 1. The first-order chi connectivity index (χ1) is 9.75. The first-order valence-corrected chi connectivity index (χ1v) is 6.86. The molecule has 0 bridgehead atoms. The van der Waals surface area contributed by atoms with E-state index in [9.17, 15) is 4.79 Å². The molecule has 0 amide bonds. The van der Waals surface area contributed by atoms with Gasteiger partial charge >= 0.3 is 0 Å². The maximum atomic E-state index is 11.9. The molecule has 0 spiro atoms. The Labute approximate surface area is 119 Å². The first-order valence-electron chi connectivity index (χ1n) is 6.86. The fraction of sp³-hybridized carbons (Fsp3) is 0.167. The second-order valence-corrected chi connectivity index (χ2v) is 5.09. The third kappa shape index (κ3) is 2.37. The van der Waals surface area contributed by atoms with Gasteiger partial charge in [-0.25, -0.2) is 0 Å². The van der Waals surface area contributed by atoms with Gasteiger partial charge in [0, 0.05) is 23.9 Å². The molecule has 0 fully saturated rings. The molecule has 1 aliphatic rings. The summed E-state index contributed by atoms with van der Waals surface area (Å²) in [5, 5.41) is 0. The van der Waals surface area contributed by atoms with Crippen LogP contribution in [0.3, 0.4) is 0 Å². The lowest BCUT2D eigenvalue weighted by Crippen LogP contribution is -2.32. The van der Waals surface area contributed by atoms with E-state index in [1.54, 1.807) is 6.08 Å². The molecule has 0 aliphatic carbocycles. The summed E-state index contributed by atoms with van der Waals surface area (Å²) in [7, 11) is 0. The highest BCUT2D eigenvalue weighted by Crippen LogP contribution is 2.36. The van der Waals surface area contributed by atoms with Crippen LogP contribution in [0, 0.1) is 0 Å². The molecular weight excluding hydrogens is 246 g/mol. The molecular formula is C18H17NO. The molecule has 2 aromatic rings. The number of carbonyl (C=O) groups excluding carboxylic acids is 1. The van der Waals surface area contributed by atoms with E-state index < -0.39 is 0 Å². The molecule has 2 nitrogen and oxygen atoms in total. The molecule has 1 atom stereocenters. The summed E-state index contributed by atoms with van der Waals surface area (Å²) in [5.74, 6) is 0.198. The van der Waals surface area contributed by atoms with Crippen molar-refractivity contribution in [3.05, 3.63) is 78.0 Å². The number of benzene rings is 2. The summed E-state index contributed by atoms with van der Waals surface area (Å²) >= 11 is 0. The van der Waals surface area contributed by atoms with Crippen molar-refractivity contribution in [1.82, 2.24) is 0 Å². The summed E-state index contributed by atoms with van der Waals surface area (Å²) in [6, 6.07) is 20.6. The number of allylic oxidation sites excluding steroid dienone is 2. The van der Waals surface area contributed by atoms with Crippen LogP contribution < -0.4 is 4.90 Å². The third-order valence-electron chi connectivity index (χ3n) is 3.67. The monoisotopic (exact) mass is 263 g/mol. The molecule has 0 saturated carbocycles. The zero-order chi connectivity index (χ0) is 13.9. The number of anilines is 1. The van der Waals surface area contributed by atoms with Gasteiger partial charge < -0.3 is 4.90 Å². The Balaban J connectivity index is 2.07. The van der Waals surface area contributed by atoms with Crippen LogP contribution in [-0.4, -0.2) is 5.78 Å². The Morgan fingerprint density at radius 3 is 2.20 bits per heavy atom. The van der Waals surface area contributed by atoms with Crippen molar-refractivity contribution in [1.29, 1.82) is 0 Å². The number of rotatable bonds is 2. The third-order valence-corrected chi connectivity index (χ3v) is 3.67. The second-order valence-electron chi connectivity index (χ2n) is 5.09. The molecule has 1 aliphatic heterocycles. The lowest BCUT2D eigenvalue weighted by atomic mass is 9.94. The van der Waals surface area contributed by atoms with Gasteiger partial charge in [0.1, 0.15) is 0 Å². The van der Waals surface area contributed by atoms with Crippen LogP contribution in [0.5, 0.6) is 0 Å². The maximum Gasteiger partial charge on any atom is 0.159 e. The van der Waals surface area contributed by atoms with E-state index in [2.05, 4.69) is 29.2 Å². The highest BCUT2D eigenvalue weighted by molar-refractivity contribution is 5.93. The minimum atomic E-state index is 0.0797. The van der Waals surface area contributed by atoms with Gasteiger partial charge in [0.05, 0.1) is 6.04 Å². The number of hydrogen-bond acceptors (Lipinski definition) is 2. The molecule has 2 heteroatoms. The molecule has 100 valence electrons. The minimum Gasteiger partial charge on any atom is -0.337 e. The SMILES string of the molecule is CC1=CC(=O)C[C@@H](c2ccccc2)N1c1ccccc1. The second kappa shape index (κ2) is 5.33. The van der Waals surface area contributed by atoms with Gasteiger partial charge in [-0.15, -0.1) is 0 Å². The van der Waals surface area contributed by atoms with E-state index in [0.29, 0.717) is 6.42 Å². The zero-order valence-corrected chi connectivity index (χ0v) is 11.5. The van der Waals surface area contributed by atoms with Gasteiger partial charge in [-0.2, -0.15) is 0 Å². The van der Waals surface area contributed by atoms with Gasteiger partial charge in [-0.05, 0) is 24.6 Å². The van der Waals surface area contributed by atoms with Crippen LogP contribution in [0.4, 0.5) is 5.69 Å².